The minimum Gasteiger partial charge on any atom is -0.490 e. The van der Waals surface area contributed by atoms with Crippen LogP contribution in [-0.2, 0) is 16.1 Å². The van der Waals surface area contributed by atoms with E-state index >= 15 is 0 Å². The summed E-state index contributed by atoms with van der Waals surface area (Å²) in [6, 6.07) is 8.12. The summed E-state index contributed by atoms with van der Waals surface area (Å²) in [5.41, 5.74) is 0.466. The first-order valence-electron chi connectivity index (χ1n) is 10.6. The summed E-state index contributed by atoms with van der Waals surface area (Å²) in [5.74, 6) is -0.531. The van der Waals surface area contributed by atoms with E-state index in [4.69, 9.17) is 32.7 Å². The SMILES string of the molecule is CCCCNC(=O)C(C)N(Cc1ccc(Cl)c(Cl)c1)C(=O)COc1ccc([N+](=O)[O-])c(OC)c1. The number of nitrogens with one attached hydrogen (secondary N) is 1. The Morgan fingerprint density at radius 2 is 1.91 bits per heavy atom. The maximum absolute atomic E-state index is 13.1. The zero-order valence-corrected chi connectivity index (χ0v) is 20.7. The maximum Gasteiger partial charge on any atom is 0.311 e. The van der Waals surface area contributed by atoms with Crippen LogP contribution in [-0.4, -0.2) is 47.9 Å². The van der Waals surface area contributed by atoms with Crippen molar-refractivity contribution in [2.24, 2.45) is 0 Å². The molecule has 0 heterocycles. The van der Waals surface area contributed by atoms with E-state index in [2.05, 4.69) is 5.32 Å². The third kappa shape index (κ3) is 7.50. The molecule has 2 aromatic rings. The van der Waals surface area contributed by atoms with Gasteiger partial charge in [-0.1, -0.05) is 42.6 Å². The number of carbonyl (C=O) groups excluding carboxylic acids is 2. The van der Waals surface area contributed by atoms with E-state index in [0.29, 0.717) is 22.2 Å². The first-order valence-corrected chi connectivity index (χ1v) is 11.4. The Labute approximate surface area is 208 Å². The van der Waals surface area contributed by atoms with Crippen LogP contribution in [0.4, 0.5) is 5.69 Å². The molecule has 2 amide bonds. The van der Waals surface area contributed by atoms with Crippen LogP contribution in [0.5, 0.6) is 11.5 Å². The third-order valence-corrected chi connectivity index (χ3v) is 5.78. The normalized spacial score (nSPS) is 11.4. The Balaban J connectivity index is 2.19. The van der Waals surface area contributed by atoms with Crippen LogP contribution in [0.15, 0.2) is 36.4 Å². The van der Waals surface area contributed by atoms with Crippen molar-refractivity contribution in [1.29, 1.82) is 0 Å². The predicted octanol–water partition coefficient (Wildman–Crippen LogP) is 4.62. The molecule has 0 radical (unpaired) electrons. The molecular formula is C23H27Cl2N3O6. The number of halogens is 2. The molecule has 2 aromatic carbocycles. The van der Waals surface area contributed by atoms with Crippen molar-refractivity contribution in [2.75, 3.05) is 20.3 Å². The van der Waals surface area contributed by atoms with Gasteiger partial charge >= 0.3 is 5.69 Å². The maximum atomic E-state index is 13.1. The van der Waals surface area contributed by atoms with Crippen LogP contribution in [0.1, 0.15) is 32.3 Å². The molecule has 0 bridgehead atoms. The molecule has 0 spiro atoms. The molecule has 9 nitrogen and oxygen atoms in total. The highest BCUT2D eigenvalue weighted by molar-refractivity contribution is 6.42. The second kappa shape index (κ2) is 13.0. The number of hydrogen-bond donors (Lipinski definition) is 1. The number of carbonyl (C=O) groups is 2. The average molecular weight is 512 g/mol. The van der Waals surface area contributed by atoms with Crippen molar-refractivity contribution in [3.8, 4) is 11.5 Å². The Morgan fingerprint density at radius 3 is 2.53 bits per heavy atom. The predicted molar refractivity (Wildman–Crippen MR) is 130 cm³/mol. The van der Waals surface area contributed by atoms with Crippen molar-refractivity contribution in [3.05, 3.63) is 62.1 Å². The number of methoxy groups -OCH3 is 1. The number of nitrogens with zero attached hydrogens (tertiary/aromatic N) is 2. The van der Waals surface area contributed by atoms with Gasteiger partial charge in [-0.15, -0.1) is 0 Å². The molecule has 1 unspecified atom stereocenters. The first kappa shape index (κ1) is 27.2. The molecule has 0 aromatic heterocycles. The summed E-state index contributed by atoms with van der Waals surface area (Å²) in [4.78, 5) is 37.6. The number of nitro benzene ring substituents is 1. The topological polar surface area (TPSA) is 111 Å². The van der Waals surface area contributed by atoms with Crippen LogP contribution in [0.25, 0.3) is 0 Å². The van der Waals surface area contributed by atoms with Gasteiger partial charge in [0.05, 0.1) is 22.1 Å². The van der Waals surface area contributed by atoms with E-state index in [9.17, 15) is 19.7 Å². The van der Waals surface area contributed by atoms with E-state index in [1.54, 1.807) is 25.1 Å². The Morgan fingerprint density at radius 1 is 1.18 bits per heavy atom. The largest absolute Gasteiger partial charge is 0.490 e. The number of hydrogen-bond acceptors (Lipinski definition) is 6. The van der Waals surface area contributed by atoms with Gasteiger partial charge in [0, 0.05) is 25.2 Å². The third-order valence-electron chi connectivity index (χ3n) is 5.04. The molecule has 1 N–H and O–H groups in total. The zero-order valence-electron chi connectivity index (χ0n) is 19.2. The lowest BCUT2D eigenvalue weighted by molar-refractivity contribution is -0.385. The Bertz CT molecular complexity index is 1030. The van der Waals surface area contributed by atoms with E-state index in [0.717, 1.165) is 12.8 Å². The van der Waals surface area contributed by atoms with Gasteiger partial charge in [-0.25, -0.2) is 0 Å². The van der Waals surface area contributed by atoms with E-state index in [1.807, 2.05) is 6.92 Å². The first-order chi connectivity index (χ1) is 16.2. The Hall–Kier alpha value is -3.04. The van der Waals surface area contributed by atoms with Crippen molar-refractivity contribution >= 4 is 40.7 Å². The standard InChI is InChI=1S/C23H27Cl2N3O6/c1-4-5-10-26-23(30)15(2)27(13-16-6-8-18(24)19(25)11-16)22(29)14-34-17-7-9-20(28(31)32)21(12-17)33-3/h6-9,11-12,15H,4-5,10,13-14H2,1-3H3,(H,26,30). The van der Waals surface area contributed by atoms with Gasteiger partial charge in [-0.2, -0.15) is 0 Å². The highest BCUT2D eigenvalue weighted by atomic mass is 35.5. The molecule has 0 fully saturated rings. The van der Waals surface area contributed by atoms with Gasteiger partial charge in [0.2, 0.25) is 11.7 Å². The van der Waals surface area contributed by atoms with Gasteiger partial charge in [0.15, 0.2) is 6.61 Å². The van der Waals surface area contributed by atoms with Crippen molar-refractivity contribution < 1.29 is 24.0 Å². The summed E-state index contributed by atoms with van der Waals surface area (Å²) in [6.45, 7) is 3.86. The fraction of sp³-hybridized carbons (Fsp3) is 0.391. The summed E-state index contributed by atoms with van der Waals surface area (Å²) in [7, 11) is 1.30. The number of benzene rings is 2. The minimum absolute atomic E-state index is 0.00582. The molecule has 34 heavy (non-hydrogen) atoms. The molecule has 0 saturated carbocycles. The second-order valence-corrected chi connectivity index (χ2v) is 8.28. The average Bonchev–Trinajstić information content (AvgIpc) is 2.82. The second-order valence-electron chi connectivity index (χ2n) is 7.47. The smallest absolute Gasteiger partial charge is 0.311 e. The zero-order chi connectivity index (χ0) is 25.3. The fourth-order valence-corrected chi connectivity index (χ4v) is 3.40. The van der Waals surface area contributed by atoms with E-state index < -0.39 is 23.5 Å². The molecule has 11 heteroatoms. The summed E-state index contributed by atoms with van der Waals surface area (Å²) >= 11 is 12.1. The van der Waals surface area contributed by atoms with Crippen LogP contribution < -0.4 is 14.8 Å². The molecular weight excluding hydrogens is 485 g/mol. The highest BCUT2D eigenvalue weighted by Gasteiger charge is 2.27. The van der Waals surface area contributed by atoms with E-state index in [1.165, 1.54) is 30.2 Å². The number of unbranched alkanes of at least 4 members (excludes halogenated alkanes) is 1. The number of rotatable bonds is 12. The van der Waals surface area contributed by atoms with Gasteiger partial charge in [-0.05, 0) is 37.1 Å². The summed E-state index contributed by atoms with van der Waals surface area (Å²) < 4.78 is 10.6. The Kier molecular flexibility index (Phi) is 10.4. The van der Waals surface area contributed by atoms with Gasteiger partial charge < -0.3 is 19.7 Å². The van der Waals surface area contributed by atoms with Gasteiger partial charge in [0.25, 0.3) is 5.91 Å². The molecule has 0 saturated heterocycles. The summed E-state index contributed by atoms with van der Waals surface area (Å²) in [6.07, 6.45) is 1.75. The lowest BCUT2D eigenvalue weighted by atomic mass is 10.1. The summed E-state index contributed by atoms with van der Waals surface area (Å²) in [5, 5.41) is 14.6. The number of ether oxygens (including phenoxy) is 2. The van der Waals surface area contributed by atoms with Crippen molar-refractivity contribution in [3.63, 3.8) is 0 Å². The molecule has 0 aliphatic rings. The fourth-order valence-electron chi connectivity index (χ4n) is 3.08. The van der Waals surface area contributed by atoms with Crippen LogP contribution >= 0.6 is 23.2 Å². The minimum atomic E-state index is -0.784. The molecule has 184 valence electrons. The van der Waals surface area contributed by atoms with Gasteiger partial charge in [0.1, 0.15) is 11.8 Å². The molecule has 0 aliphatic carbocycles. The number of nitro groups is 1. The number of amides is 2. The quantitative estimate of drug-likeness (QED) is 0.252. The monoisotopic (exact) mass is 511 g/mol. The molecule has 1 atom stereocenters. The highest BCUT2D eigenvalue weighted by Crippen LogP contribution is 2.31. The van der Waals surface area contributed by atoms with Crippen LogP contribution in [0.2, 0.25) is 10.0 Å². The van der Waals surface area contributed by atoms with Crippen molar-refractivity contribution in [2.45, 2.75) is 39.3 Å². The molecule has 2 rings (SSSR count). The van der Waals surface area contributed by atoms with Gasteiger partial charge in [-0.3, -0.25) is 19.7 Å². The van der Waals surface area contributed by atoms with Crippen LogP contribution in [0, 0.1) is 10.1 Å². The van der Waals surface area contributed by atoms with Crippen molar-refractivity contribution in [1.82, 2.24) is 10.2 Å². The van der Waals surface area contributed by atoms with E-state index in [-0.39, 0.29) is 29.6 Å². The lowest BCUT2D eigenvalue weighted by Gasteiger charge is -2.29. The molecule has 0 aliphatic heterocycles. The lowest BCUT2D eigenvalue weighted by Crippen LogP contribution is -2.49. The van der Waals surface area contributed by atoms with Crippen LogP contribution in [0.3, 0.4) is 0 Å².